The fraction of sp³-hybridized carbons (Fsp3) is 0.640. The number of fused-ring (bicyclic) bond motifs is 2. The van der Waals surface area contributed by atoms with E-state index in [2.05, 4.69) is 53.9 Å². The molecule has 3 saturated carbocycles. The average Bonchev–Trinajstić information content (AvgIpc) is 2.71. The number of hydrogen-bond acceptors (Lipinski definition) is 4. The lowest BCUT2D eigenvalue weighted by atomic mass is 9.44. The lowest BCUT2D eigenvalue weighted by Gasteiger charge is -2.63. The summed E-state index contributed by atoms with van der Waals surface area (Å²) in [5, 5.41) is 32.7. The number of aliphatic hydroxyl groups is 1. The maximum absolute atomic E-state index is 10.7. The number of carboxylic acid groups (broad SMARTS) is 1. The first-order valence-electron chi connectivity index (χ1n) is 11.4. The van der Waals surface area contributed by atoms with Crippen LogP contribution >= 0.6 is 22.6 Å². The first kappa shape index (κ1) is 24.5. The van der Waals surface area contributed by atoms with E-state index in [-0.39, 0.29) is 12.2 Å². The van der Waals surface area contributed by atoms with Crippen molar-refractivity contribution in [1.29, 1.82) is 0 Å². The van der Waals surface area contributed by atoms with Crippen LogP contribution in [0.25, 0.3) is 0 Å². The van der Waals surface area contributed by atoms with Gasteiger partial charge < -0.3 is 20.6 Å². The van der Waals surface area contributed by atoms with Gasteiger partial charge in [0.05, 0.1) is 9.67 Å². The minimum Gasteiger partial charge on any atom is -0.507 e. The van der Waals surface area contributed by atoms with Crippen molar-refractivity contribution in [2.45, 2.75) is 70.9 Å². The van der Waals surface area contributed by atoms with Gasteiger partial charge in [0.1, 0.15) is 5.75 Å². The van der Waals surface area contributed by atoms with Crippen LogP contribution in [0.1, 0.15) is 57.9 Å². The predicted octanol–water partition coefficient (Wildman–Crippen LogP) is 4.74. The Hall–Kier alpha value is -1.12. The van der Waals surface area contributed by atoms with Crippen LogP contribution in [-0.2, 0) is 11.2 Å². The summed E-state index contributed by atoms with van der Waals surface area (Å²) in [6, 6.07) is 5.90. The first-order valence-corrected chi connectivity index (χ1v) is 12.5. The fourth-order valence-electron chi connectivity index (χ4n) is 5.56. The molecule has 3 aliphatic carbocycles. The molecule has 3 aliphatic rings. The summed E-state index contributed by atoms with van der Waals surface area (Å²) in [6.07, 6.45) is 9.70. The molecule has 0 radical (unpaired) electrons. The van der Waals surface area contributed by atoms with Gasteiger partial charge in [-0.25, -0.2) is 0 Å². The zero-order valence-corrected chi connectivity index (χ0v) is 20.7. The summed E-state index contributed by atoms with van der Waals surface area (Å²) < 4.78 is 0.806. The number of hydrogen-bond donors (Lipinski definition) is 4. The Bertz CT molecular complexity index is 794. The number of phenolic OH excluding ortho intramolecular Hbond substituents is 1. The minimum atomic E-state index is -0.729. The molecule has 0 heterocycles. The van der Waals surface area contributed by atoms with Crippen molar-refractivity contribution in [3.8, 4) is 5.75 Å². The molecule has 5 nitrogen and oxygen atoms in total. The molecule has 0 amide bonds. The number of benzene rings is 1. The third kappa shape index (κ3) is 6.23. The zero-order chi connectivity index (χ0) is 22.6. The smallest absolute Gasteiger partial charge is 0.303 e. The van der Waals surface area contributed by atoms with Crippen molar-refractivity contribution in [3.63, 3.8) is 0 Å². The largest absolute Gasteiger partial charge is 0.507 e. The molecular formula is C25H36INO4. The Balaban J connectivity index is 1.52. The standard InChI is InChI=1S/C25H36INO4/c1-25(2)17-13-20(25)19(7-5-3-4-6-8-24(30)31)22(14-17)27-15-18(28)11-16-9-10-23(29)21(26)12-16/h3,5,9-10,12,17-20,22,27-29H,4,6-8,11,13-15H2,1-2H3,(H,30,31). The lowest BCUT2D eigenvalue weighted by Crippen LogP contribution is -2.61. The maximum Gasteiger partial charge on any atom is 0.303 e. The third-order valence-corrected chi connectivity index (χ3v) is 8.42. The molecular weight excluding hydrogens is 505 g/mol. The van der Waals surface area contributed by atoms with E-state index in [9.17, 15) is 15.0 Å². The predicted molar refractivity (Wildman–Crippen MR) is 131 cm³/mol. The molecule has 4 N–H and O–H groups in total. The van der Waals surface area contributed by atoms with E-state index in [1.165, 1.54) is 6.42 Å². The van der Waals surface area contributed by atoms with E-state index < -0.39 is 12.1 Å². The fourth-order valence-corrected chi connectivity index (χ4v) is 6.14. The Morgan fingerprint density at radius 2 is 2.10 bits per heavy atom. The molecule has 0 saturated heterocycles. The van der Waals surface area contributed by atoms with Crippen LogP contribution in [0.4, 0.5) is 0 Å². The Morgan fingerprint density at radius 3 is 2.77 bits per heavy atom. The van der Waals surface area contributed by atoms with Gasteiger partial charge in [-0.05, 0) is 102 Å². The number of carbonyl (C=O) groups is 1. The highest BCUT2D eigenvalue weighted by molar-refractivity contribution is 14.1. The number of carboxylic acids is 1. The number of aliphatic carboxylic acids is 1. The Labute approximate surface area is 199 Å². The second-order valence-corrected chi connectivity index (χ2v) is 11.1. The molecule has 0 spiro atoms. The molecule has 31 heavy (non-hydrogen) atoms. The summed E-state index contributed by atoms with van der Waals surface area (Å²) >= 11 is 2.11. The number of halogens is 1. The number of aliphatic hydroxyl groups excluding tert-OH is 1. The van der Waals surface area contributed by atoms with Crippen LogP contribution in [-0.4, -0.2) is 40.0 Å². The van der Waals surface area contributed by atoms with Crippen molar-refractivity contribution >= 4 is 28.6 Å². The van der Waals surface area contributed by atoms with Gasteiger partial charge in [0, 0.05) is 19.0 Å². The van der Waals surface area contributed by atoms with E-state index in [0.717, 1.165) is 34.3 Å². The van der Waals surface area contributed by atoms with E-state index >= 15 is 0 Å². The van der Waals surface area contributed by atoms with Gasteiger partial charge >= 0.3 is 5.97 Å². The van der Waals surface area contributed by atoms with Crippen LogP contribution < -0.4 is 5.32 Å². The Kier molecular flexibility index (Phi) is 8.44. The average molecular weight is 541 g/mol. The van der Waals surface area contributed by atoms with Crippen LogP contribution in [0.5, 0.6) is 5.75 Å². The normalized spacial score (nSPS) is 27.7. The summed E-state index contributed by atoms with van der Waals surface area (Å²) in [6.45, 7) is 5.36. The van der Waals surface area contributed by atoms with Gasteiger partial charge in [0.15, 0.2) is 0 Å². The molecule has 2 bridgehead atoms. The van der Waals surface area contributed by atoms with E-state index in [1.807, 2.05) is 12.1 Å². The minimum absolute atomic E-state index is 0.229. The number of unbranched alkanes of at least 4 members (excludes halogenated alkanes) is 1. The van der Waals surface area contributed by atoms with Gasteiger partial charge in [0.2, 0.25) is 0 Å². The molecule has 0 aromatic heterocycles. The Morgan fingerprint density at radius 1 is 1.32 bits per heavy atom. The van der Waals surface area contributed by atoms with Gasteiger partial charge in [0.25, 0.3) is 0 Å². The maximum atomic E-state index is 10.7. The van der Waals surface area contributed by atoms with Crippen molar-refractivity contribution in [1.82, 2.24) is 5.32 Å². The highest BCUT2D eigenvalue weighted by Crippen LogP contribution is 2.62. The molecule has 3 fully saturated rings. The summed E-state index contributed by atoms with van der Waals surface area (Å²) in [5.74, 6) is 1.55. The molecule has 172 valence electrons. The van der Waals surface area contributed by atoms with Crippen molar-refractivity contribution in [2.75, 3.05) is 6.54 Å². The molecule has 5 unspecified atom stereocenters. The van der Waals surface area contributed by atoms with Crippen molar-refractivity contribution in [2.24, 2.45) is 23.2 Å². The van der Waals surface area contributed by atoms with Gasteiger partial charge in [-0.15, -0.1) is 0 Å². The summed E-state index contributed by atoms with van der Waals surface area (Å²) in [5.41, 5.74) is 1.42. The van der Waals surface area contributed by atoms with Crippen LogP contribution in [0.3, 0.4) is 0 Å². The second kappa shape index (κ2) is 10.7. The summed E-state index contributed by atoms with van der Waals surface area (Å²) in [4.78, 5) is 10.7. The van der Waals surface area contributed by atoms with Crippen LogP contribution in [0.15, 0.2) is 30.4 Å². The molecule has 4 rings (SSSR count). The van der Waals surface area contributed by atoms with E-state index in [1.54, 1.807) is 6.07 Å². The lowest BCUT2D eigenvalue weighted by molar-refractivity contribution is -0.137. The number of aromatic hydroxyl groups is 1. The van der Waals surface area contributed by atoms with Gasteiger partial charge in [-0.2, -0.15) is 0 Å². The molecule has 1 aromatic carbocycles. The topological polar surface area (TPSA) is 89.8 Å². The number of rotatable bonds is 11. The van der Waals surface area contributed by atoms with Crippen molar-refractivity contribution in [3.05, 3.63) is 39.5 Å². The number of allylic oxidation sites excluding steroid dienone is 2. The van der Waals surface area contributed by atoms with E-state index in [4.69, 9.17) is 5.11 Å². The van der Waals surface area contributed by atoms with E-state index in [0.29, 0.717) is 42.7 Å². The zero-order valence-electron chi connectivity index (χ0n) is 18.6. The monoisotopic (exact) mass is 541 g/mol. The van der Waals surface area contributed by atoms with Gasteiger partial charge in [-0.1, -0.05) is 32.1 Å². The quantitative estimate of drug-likeness (QED) is 0.185. The highest BCUT2D eigenvalue weighted by Gasteiger charge is 2.56. The number of nitrogens with one attached hydrogen (secondary N) is 1. The highest BCUT2D eigenvalue weighted by atomic mass is 127. The third-order valence-electron chi connectivity index (χ3n) is 7.55. The number of phenols is 1. The van der Waals surface area contributed by atoms with Crippen LogP contribution in [0.2, 0.25) is 0 Å². The SMILES string of the molecule is CC1(C)C2CC(NCC(O)Cc3ccc(O)c(I)c3)C(CC=CCCCC(=O)O)C1C2. The molecule has 6 heteroatoms. The van der Waals surface area contributed by atoms with Gasteiger partial charge in [-0.3, -0.25) is 4.79 Å². The molecule has 0 aliphatic heterocycles. The molecule has 5 atom stereocenters. The second-order valence-electron chi connectivity index (χ2n) is 9.91. The van der Waals surface area contributed by atoms with Crippen molar-refractivity contribution < 1.29 is 20.1 Å². The first-order chi connectivity index (χ1) is 14.7. The molecule has 1 aromatic rings. The summed E-state index contributed by atoms with van der Waals surface area (Å²) in [7, 11) is 0. The van der Waals surface area contributed by atoms with Crippen LogP contribution in [0, 0.1) is 26.7 Å².